The molecule has 0 fully saturated rings. The number of aryl methyl sites for hydroxylation is 2. The van der Waals surface area contributed by atoms with Gasteiger partial charge >= 0.3 is 0 Å². The highest BCUT2D eigenvalue weighted by molar-refractivity contribution is 5.66. The lowest BCUT2D eigenvalue weighted by Crippen LogP contribution is -1.96. The van der Waals surface area contributed by atoms with Gasteiger partial charge in [0.05, 0.1) is 17.4 Å². The Morgan fingerprint density at radius 3 is 2.83 bits per heavy atom. The summed E-state index contributed by atoms with van der Waals surface area (Å²) in [4.78, 5) is 4.03. The molecule has 0 bridgehead atoms. The van der Waals surface area contributed by atoms with Crippen molar-refractivity contribution in [1.82, 2.24) is 4.98 Å². The second-order valence-corrected chi connectivity index (χ2v) is 4.15. The van der Waals surface area contributed by atoms with Gasteiger partial charge in [-0.05, 0) is 42.7 Å². The van der Waals surface area contributed by atoms with Crippen molar-refractivity contribution in [2.45, 2.75) is 20.3 Å². The van der Waals surface area contributed by atoms with E-state index in [9.17, 15) is 0 Å². The first-order valence-corrected chi connectivity index (χ1v) is 5.95. The van der Waals surface area contributed by atoms with E-state index in [1.807, 2.05) is 6.07 Å². The molecule has 90 valence electrons. The van der Waals surface area contributed by atoms with E-state index >= 15 is 0 Å². The van der Waals surface area contributed by atoms with Crippen molar-refractivity contribution in [3.05, 3.63) is 53.3 Å². The van der Waals surface area contributed by atoms with Gasteiger partial charge < -0.3 is 5.32 Å². The first-order valence-electron chi connectivity index (χ1n) is 5.95. The van der Waals surface area contributed by atoms with Crippen molar-refractivity contribution in [1.29, 1.82) is 5.26 Å². The normalized spacial score (nSPS) is 9.83. The second-order valence-electron chi connectivity index (χ2n) is 4.15. The zero-order valence-electron chi connectivity index (χ0n) is 10.6. The van der Waals surface area contributed by atoms with Crippen molar-refractivity contribution in [2.75, 3.05) is 5.32 Å². The van der Waals surface area contributed by atoms with Crippen molar-refractivity contribution in [3.8, 4) is 6.07 Å². The Bertz CT molecular complexity index is 597. The number of nitrogens with zero attached hydrogens (tertiary/aromatic N) is 2. The molecule has 1 aromatic carbocycles. The van der Waals surface area contributed by atoms with Crippen molar-refractivity contribution in [2.24, 2.45) is 0 Å². The SMILES string of the molecule is CCc1ccc(Nc2cnccc2C#N)cc1C. The Balaban J connectivity index is 2.29. The van der Waals surface area contributed by atoms with Crippen LogP contribution in [0.25, 0.3) is 0 Å². The van der Waals surface area contributed by atoms with Gasteiger partial charge in [-0.2, -0.15) is 5.26 Å². The number of hydrogen-bond donors (Lipinski definition) is 1. The van der Waals surface area contributed by atoms with Gasteiger partial charge in [0.25, 0.3) is 0 Å². The first-order chi connectivity index (χ1) is 8.74. The molecule has 1 heterocycles. The molecule has 0 saturated heterocycles. The van der Waals surface area contributed by atoms with Gasteiger partial charge in [-0.1, -0.05) is 13.0 Å². The van der Waals surface area contributed by atoms with Crippen LogP contribution in [-0.2, 0) is 6.42 Å². The van der Waals surface area contributed by atoms with E-state index < -0.39 is 0 Å². The van der Waals surface area contributed by atoms with Crippen LogP contribution in [0, 0.1) is 18.3 Å². The van der Waals surface area contributed by atoms with Gasteiger partial charge in [0.2, 0.25) is 0 Å². The van der Waals surface area contributed by atoms with Gasteiger partial charge in [0, 0.05) is 11.9 Å². The number of nitrogens with one attached hydrogen (secondary N) is 1. The van der Waals surface area contributed by atoms with Crippen molar-refractivity contribution in [3.63, 3.8) is 0 Å². The molecule has 1 N–H and O–H groups in total. The molecule has 3 nitrogen and oxygen atoms in total. The summed E-state index contributed by atoms with van der Waals surface area (Å²) in [5.74, 6) is 0. The van der Waals surface area contributed by atoms with Gasteiger partial charge in [-0.15, -0.1) is 0 Å². The maximum absolute atomic E-state index is 9.02. The Morgan fingerprint density at radius 2 is 2.17 bits per heavy atom. The van der Waals surface area contributed by atoms with Crippen LogP contribution in [0.3, 0.4) is 0 Å². The largest absolute Gasteiger partial charge is 0.353 e. The molecule has 1 aromatic heterocycles. The Hall–Kier alpha value is -2.34. The van der Waals surface area contributed by atoms with Crippen LogP contribution >= 0.6 is 0 Å². The molecular formula is C15H15N3. The third kappa shape index (κ3) is 2.49. The van der Waals surface area contributed by atoms with E-state index in [2.05, 4.69) is 42.4 Å². The number of aromatic nitrogens is 1. The molecule has 18 heavy (non-hydrogen) atoms. The van der Waals surface area contributed by atoms with E-state index in [0.717, 1.165) is 17.8 Å². The predicted molar refractivity (Wildman–Crippen MR) is 72.8 cm³/mol. The summed E-state index contributed by atoms with van der Waals surface area (Å²) >= 11 is 0. The number of pyridine rings is 1. The monoisotopic (exact) mass is 237 g/mol. The molecular weight excluding hydrogens is 222 g/mol. The summed E-state index contributed by atoms with van der Waals surface area (Å²) in [6, 6.07) is 10.1. The van der Waals surface area contributed by atoms with E-state index in [1.54, 1.807) is 18.5 Å². The van der Waals surface area contributed by atoms with Crippen LogP contribution in [-0.4, -0.2) is 4.98 Å². The molecule has 0 amide bonds. The van der Waals surface area contributed by atoms with Crippen LogP contribution in [0.2, 0.25) is 0 Å². The third-order valence-electron chi connectivity index (χ3n) is 2.94. The number of benzene rings is 1. The minimum absolute atomic E-state index is 0.599. The smallest absolute Gasteiger partial charge is 0.101 e. The molecule has 2 aromatic rings. The fraction of sp³-hybridized carbons (Fsp3) is 0.200. The van der Waals surface area contributed by atoms with Crippen LogP contribution in [0.4, 0.5) is 11.4 Å². The molecule has 0 radical (unpaired) electrons. The number of rotatable bonds is 3. The van der Waals surface area contributed by atoms with Crippen molar-refractivity contribution >= 4 is 11.4 Å². The predicted octanol–water partition coefficient (Wildman–Crippen LogP) is 3.57. The van der Waals surface area contributed by atoms with Gasteiger partial charge in [0.15, 0.2) is 0 Å². The van der Waals surface area contributed by atoms with E-state index in [1.165, 1.54) is 11.1 Å². The molecule has 0 atom stereocenters. The van der Waals surface area contributed by atoms with Crippen LogP contribution in [0.1, 0.15) is 23.6 Å². The molecule has 0 spiro atoms. The summed E-state index contributed by atoms with van der Waals surface area (Å²) in [7, 11) is 0. The van der Waals surface area contributed by atoms with Crippen molar-refractivity contribution < 1.29 is 0 Å². The highest BCUT2D eigenvalue weighted by Crippen LogP contribution is 2.21. The van der Waals surface area contributed by atoms with Crippen LogP contribution < -0.4 is 5.32 Å². The molecule has 0 aliphatic carbocycles. The highest BCUT2D eigenvalue weighted by atomic mass is 14.9. The lowest BCUT2D eigenvalue weighted by atomic mass is 10.1. The van der Waals surface area contributed by atoms with Gasteiger partial charge in [0.1, 0.15) is 6.07 Å². The quantitative estimate of drug-likeness (QED) is 0.887. The zero-order valence-corrected chi connectivity index (χ0v) is 10.6. The standard InChI is InChI=1S/C15H15N3/c1-3-12-4-5-14(8-11(12)2)18-15-10-17-7-6-13(15)9-16/h4-8,10,18H,3H2,1-2H3. The first kappa shape index (κ1) is 12.1. The summed E-state index contributed by atoms with van der Waals surface area (Å²) < 4.78 is 0. The Kier molecular flexibility index (Phi) is 3.59. The maximum Gasteiger partial charge on any atom is 0.101 e. The van der Waals surface area contributed by atoms with E-state index in [0.29, 0.717) is 5.56 Å². The lowest BCUT2D eigenvalue weighted by molar-refractivity contribution is 1.11. The van der Waals surface area contributed by atoms with Crippen LogP contribution in [0.15, 0.2) is 36.7 Å². The second kappa shape index (κ2) is 5.33. The molecule has 0 saturated carbocycles. The number of nitriles is 1. The fourth-order valence-corrected chi connectivity index (χ4v) is 1.92. The Labute approximate surface area is 107 Å². The maximum atomic E-state index is 9.02. The topological polar surface area (TPSA) is 48.7 Å². The van der Waals surface area contributed by atoms with Gasteiger partial charge in [-0.3, -0.25) is 4.98 Å². The minimum Gasteiger partial charge on any atom is -0.353 e. The average Bonchev–Trinajstić information content (AvgIpc) is 2.39. The molecule has 0 unspecified atom stereocenters. The molecule has 0 aliphatic heterocycles. The van der Waals surface area contributed by atoms with Gasteiger partial charge in [-0.25, -0.2) is 0 Å². The lowest BCUT2D eigenvalue weighted by Gasteiger charge is -2.10. The average molecular weight is 237 g/mol. The Morgan fingerprint density at radius 1 is 1.33 bits per heavy atom. The molecule has 2 rings (SSSR count). The number of anilines is 2. The summed E-state index contributed by atoms with van der Waals surface area (Å²) in [6.07, 6.45) is 4.32. The van der Waals surface area contributed by atoms with E-state index in [-0.39, 0.29) is 0 Å². The summed E-state index contributed by atoms with van der Waals surface area (Å²) in [6.45, 7) is 4.24. The molecule has 0 aliphatic rings. The summed E-state index contributed by atoms with van der Waals surface area (Å²) in [5.41, 5.74) is 4.91. The number of hydrogen-bond acceptors (Lipinski definition) is 3. The fourth-order valence-electron chi connectivity index (χ4n) is 1.92. The molecule has 3 heteroatoms. The van der Waals surface area contributed by atoms with Crippen LogP contribution in [0.5, 0.6) is 0 Å². The zero-order chi connectivity index (χ0) is 13.0. The summed E-state index contributed by atoms with van der Waals surface area (Å²) in [5, 5.41) is 12.2. The van der Waals surface area contributed by atoms with E-state index in [4.69, 9.17) is 5.26 Å². The minimum atomic E-state index is 0.599. The third-order valence-corrected chi connectivity index (χ3v) is 2.94. The highest BCUT2D eigenvalue weighted by Gasteiger charge is 2.03.